The van der Waals surface area contributed by atoms with E-state index in [2.05, 4.69) is 0 Å². The zero-order chi connectivity index (χ0) is 13.9. The Morgan fingerprint density at radius 1 is 1.26 bits per heavy atom. The highest BCUT2D eigenvalue weighted by atomic mass is 35.7. The molecule has 0 aliphatic carbocycles. The Kier molecular flexibility index (Phi) is 4.50. The smallest absolute Gasteiger partial charge is 0.263 e. The third-order valence-corrected chi connectivity index (χ3v) is 4.36. The SMILES string of the molecule is COCCCCn1cc(S(=O)(=O)Cl)c2ccccc21. The van der Waals surface area contributed by atoms with Crippen molar-refractivity contribution >= 4 is 30.6 Å². The molecule has 1 aromatic carbocycles. The lowest BCUT2D eigenvalue weighted by Gasteiger charge is -2.04. The number of rotatable bonds is 6. The van der Waals surface area contributed by atoms with E-state index in [9.17, 15) is 8.42 Å². The molecule has 1 aromatic heterocycles. The number of ether oxygens (including phenoxy) is 1. The number of aryl methyl sites for hydroxylation is 1. The molecule has 0 N–H and O–H groups in total. The van der Waals surface area contributed by atoms with Crippen LogP contribution in [0.5, 0.6) is 0 Å². The maximum absolute atomic E-state index is 11.6. The molecule has 0 aliphatic rings. The molecule has 0 saturated carbocycles. The number of halogens is 1. The predicted molar refractivity (Wildman–Crippen MR) is 76.1 cm³/mol. The van der Waals surface area contributed by atoms with Gasteiger partial charge in [0.2, 0.25) is 0 Å². The molecule has 0 unspecified atom stereocenters. The Hall–Kier alpha value is -1.04. The van der Waals surface area contributed by atoms with Crippen molar-refractivity contribution in [2.75, 3.05) is 13.7 Å². The van der Waals surface area contributed by atoms with E-state index in [1.807, 2.05) is 22.8 Å². The summed E-state index contributed by atoms with van der Waals surface area (Å²) in [7, 11) is 3.43. The highest BCUT2D eigenvalue weighted by molar-refractivity contribution is 8.14. The van der Waals surface area contributed by atoms with Gasteiger partial charge in [-0.3, -0.25) is 0 Å². The fourth-order valence-corrected chi connectivity index (χ4v) is 3.18. The van der Waals surface area contributed by atoms with Crippen molar-refractivity contribution in [1.29, 1.82) is 0 Å². The van der Waals surface area contributed by atoms with Crippen molar-refractivity contribution in [2.24, 2.45) is 0 Å². The Morgan fingerprint density at radius 2 is 2.00 bits per heavy atom. The molecule has 2 aromatic rings. The van der Waals surface area contributed by atoms with E-state index in [0.29, 0.717) is 12.0 Å². The van der Waals surface area contributed by atoms with Crippen molar-refractivity contribution in [2.45, 2.75) is 24.3 Å². The van der Waals surface area contributed by atoms with Gasteiger partial charge in [0.05, 0.1) is 0 Å². The molecule has 0 saturated heterocycles. The molecular formula is C13H16ClNO3S. The Labute approximate surface area is 117 Å². The van der Waals surface area contributed by atoms with Crippen LogP contribution in [0.2, 0.25) is 0 Å². The second kappa shape index (κ2) is 5.94. The van der Waals surface area contributed by atoms with Gasteiger partial charge in [-0.1, -0.05) is 18.2 Å². The van der Waals surface area contributed by atoms with Gasteiger partial charge >= 0.3 is 0 Å². The fraction of sp³-hybridized carbons (Fsp3) is 0.385. The number of methoxy groups -OCH3 is 1. The summed E-state index contributed by atoms with van der Waals surface area (Å²) in [5, 5.41) is 0.671. The van der Waals surface area contributed by atoms with Crippen molar-refractivity contribution in [1.82, 2.24) is 4.57 Å². The van der Waals surface area contributed by atoms with Crippen molar-refractivity contribution in [3.63, 3.8) is 0 Å². The molecule has 0 spiro atoms. The fourth-order valence-electron chi connectivity index (χ4n) is 2.12. The van der Waals surface area contributed by atoms with E-state index in [1.165, 1.54) is 0 Å². The number of hydrogen-bond acceptors (Lipinski definition) is 3. The largest absolute Gasteiger partial charge is 0.385 e. The van der Waals surface area contributed by atoms with Crippen LogP contribution in [0.15, 0.2) is 35.4 Å². The molecule has 0 fully saturated rings. The number of nitrogens with zero attached hydrogens (tertiary/aromatic N) is 1. The number of unbranched alkanes of at least 4 members (excludes halogenated alkanes) is 1. The monoisotopic (exact) mass is 301 g/mol. The maximum Gasteiger partial charge on any atom is 0.263 e. The first-order valence-corrected chi connectivity index (χ1v) is 8.36. The topological polar surface area (TPSA) is 48.3 Å². The van der Waals surface area contributed by atoms with Crippen LogP contribution in [0.25, 0.3) is 10.9 Å². The average molecular weight is 302 g/mol. The molecule has 0 aliphatic heterocycles. The van der Waals surface area contributed by atoms with Gasteiger partial charge in [-0.15, -0.1) is 0 Å². The number of fused-ring (bicyclic) bond motifs is 1. The van der Waals surface area contributed by atoms with Gasteiger partial charge in [0.25, 0.3) is 9.05 Å². The van der Waals surface area contributed by atoms with E-state index in [1.54, 1.807) is 19.4 Å². The first-order valence-electron chi connectivity index (χ1n) is 6.05. The van der Waals surface area contributed by atoms with Crippen molar-refractivity contribution in [3.05, 3.63) is 30.5 Å². The van der Waals surface area contributed by atoms with E-state index < -0.39 is 9.05 Å². The maximum atomic E-state index is 11.6. The quantitative estimate of drug-likeness (QED) is 0.609. The summed E-state index contributed by atoms with van der Waals surface area (Å²) < 4.78 is 30.1. The Balaban J connectivity index is 2.34. The van der Waals surface area contributed by atoms with Crippen molar-refractivity contribution < 1.29 is 13.2 Å². The molecule has 0 bridgehead atoms. The minimum absolute atomic E-state index is 0.177. The summed E-state index contributed by atoms with van der Waals surface area (Å²) in [6.07, 6.45) is 3.47. The van der Waals surface area contributed by atoms with Crippen LogP contribution in [-0.2, 0) is 20.3 Å². The summed E-state index contributed by atoms with van der Waals surface area (Å²) in [5.41, 5.74) is 0.888. The Morgan fingerprint density at radius 3 is 2.68 bits per heavy atom. The van der Waals surface area contributed by atoms with Crippen molar-refractivity contribution in [3.8, 4) is 0 Å². The van der Waals surface area contributed by atoms with Crippen LogP contribution in [0.1, 0.15) is 12.8 Å². The first kappa shape index (κ1) is 14.4. The highest BCUT2D eigenvalue weighted by Crippen LogP contribution is 2.28. The first-order chi connectivity index (χ1) is 9.04. The lowest BCUT2D eigenvalue weighted by molar-refractivity contribution is 0.191. The summed E-state index contributed by atoms with van der Waals surface area (Å²) >= 11 is 0. The van der Waals surface area contributed by atoms with E-state index >= 15 is 0 Å². The lowest BCUT2D eigenvalue weighted by Crippen LogP contribution is -1.98. The molecule has 4 nitrogen and oxygen atoms in total. The molecule has 19 heavy (non-hydrogen) atoms. The zero-order valence-corrected chi connectivity index (χ0v) is 12.2. The molecule has 0 radical (unpaired) electrons. The third-order valence-electron chi connectivity index (χ3n) is 3.01. The van der Waals surface area contributed by atoms with Gasteiger partial charge in [0.15, 0.2) is 0 Å². The summed E-state index contributed by atoms with van der Waals surface area (Å²) in [6.45, 7) is 1.45. The molecule has 2 rings (SSSR count). The van der Waals surface area contributed by atoms with Crippen LogP contribution in [0.4, 0.5) is 0 Å². The number of aromatic nitrogens is 1. The van der Waals surface area contributed by atoms with E-state index in [4.69, 9.17) is 15.4 Å². The molecule has 1 heterocycles. The second-order valence-corrected chi connectivity index (χ2v) is 6.88. The average Bonchev–Trinajstić information content (AvgIpc) is 2.74. The lowest BCUT2D eigenvalue weighted by atomic mass is 10.2. The van der Waals surface area contributed by atoms with E-state index in [0.717, 1.165) is 24.9 Å². The van der Waals surface area contributed by atoms with Gasteiger partial charge in [0, 0.05) is 48.0 Å². The van der Waals surface area contributed by atoms with Gasteiger partial charge in [-0.05, 0) is 18.9 Å². The van der Waals surface area contributed by atoms with Crippen LogP contribution in [0, 0.1) is 0 Å². The van der Waals surface area contributed by atoms with Gasteiger partial charge < -0.3 is 9.30 Å². The molecular weight excluding hydrogens is 286 g/mol. The number of hydrogen-bond donors (Lipinski definition) is 0. The van der Waals surface area contributed by atoms with Crippen LogP contribution >= 0.6 is 10.7 Å². The molecule has 0 atom stereocenters. The standard InChI is InChI=1S/C13H16ClNO3S/c1-18-9-5-4-8-15-10-13(19(14,16)17)11-6-2-3-7-12(11)15/h2-3,6-7,10H,4-5,8-9H2,1H3. The molecule has 104 valence electrons. The molecule has 6 heteroatoms. The third kappa shape index (κ3) is 3.29. The zero-order valence-electron chi connectivity index (χ0n) is 10.7. The predicted octanol–water partition coefficient (Wildman–Crippen LogP) is 3.00. The highest BCUT2D eigenvalue weighted by Gasteiger charge is 2.18. The van der Waals surface area contributed by atoms with Gasteiger partial charge in [-0.25, -0.2) is 8.42 Å². The minimum Gasteiger partial charge on any atom is -0.385 e. The van der Waals surface area contributed by atoms with E-state index in [-0.39, 0.29) is 4.90 Å². The van der Waals surface area contributed by atoms with Gasteiger partial charge in [-0.2, -0.15) is 0 Å². The minimum atomic E-state index is -3.72. The van der Waals surface area contributed by atoms with Crippen LogP contribution in [0.3, 0.4) is 0 Å². The van der Waals surface area contributed by atoms with Gasteiger partial charge in [0.1, 0.15) is 4.90 Å². The summed E-state index contributed by atoms with van der Waals surface area (Å²) in [4.78, 5) is 0.177. The molecule has 0 amide bonds. The summed E-state index contributed by atoms with van der Waals surface area (Å²) in [5.74, 6) is 0. The Bertz CT molecular complexity index is 664. The number of para-hydroxylation sites is 1. The number of benzene rings is 1. The summed E-state index contributed by atoms with van der Waals surface area (Å²) in [6, 6.07) is 7.37. The van der Waals surface area contributed by atoms with Crippen LogP contribution in [-0.4, -0.2) is 26.7 Å². The second-order valence-electron chi connectivity index (χ2n) is 4.34. The normalized spacial score (nSPS) is 12.1. The van der Waals surface area contributed by atoms with Crippen LogP contribution < -0.4 is 0 Å².